The van der Waals surface area contributed by atoms with Crippen molar-refractivity contribution in [2.45, 2.75) is 18.4 Å². The normalized spacial score (nSPS) is 19.0. The van der Waals surface area contributed by atoms with Crippen molar-refractivity contribution in [1.29, 1.82) is 0 Å². The van der Waals surface area contributed by atoms with E-state index in [-0.39, 0.29) is 30.7 Å². The molecule has 0 atom stereocenters. The molecule has 2 aromatic rings. The molecule has 2 fully saturated rings. The van der Waals surface area contributed by atoms with Gasteiger partial charge in [0.15, 0.2) is 0 Å². The first-order chi connectivity index (χ1) is 10.2. The van der Waals surface area contributed by atoms with Gasteiger partial charge in [-0.05, 0) is 24.3 Å². The molecule has 0 bridgehead atoms. The van der Waals surface area contributed by atoms with Crippen molar-refractivity contribution in [2.24, 2.45) is 5.73 Å². The zero-order valence-corrected chi connectivity index (χ0v) is 14.9. The molecular formula is C14H19Cl2N5OS. The predicted molar refractivity (Wildman–Crippen MR) is 96.9 cm³/mol. The highest BCUT2D eigenvalue weighted by atomic mass is 35.5. The van der Waals surface area contributed by atoms with E-state index in [9.17, 15) is 4.79 Å². The standard InChI is InChI=1S/C14H17N5OS.2ClH/c15-14(2-3-14)13(20)19-6-4-18(5-7-19)11-10-1-8-21-12(10)17-9-16-11;;/h1,8-9H,2-7,15H2;2*1H. The molecule has 0 unspecified atom stereocenters. The molecule has 0 aromatic carbocycles. The lowest BCUT2D eigenvalue weighted by molar-refractivity contribution is -0.133. The number of halogens is 2. The second-order valence-electron chi connectivity index (χ2n) is 5.77. The van der Waals surface area contributed by atoms with Crippen LogP contribution in [0, 0.1) is 0 Å². The number of piperazine rings is 1. The Hall–Kier alpha value is -1.15. The molecule has 4 rings (SSSR count). The molecule has 1 saturated heterocycles. The third-order valence-corrected chi connectivity index (χ3v) is 5.14. The number of fused-ring (bicyclic) bond motifs is 1. The largest absolute Gasteiger partial charge is 0.352 e. The van der Waals surface area contributed by atoms with Crippen molar-refractivity contribution >= 4 is 58.1 Å². The van der Waals surface area contributed by atoms with Gasteiger partial charge < -0.3 is 15.5 Å². The SMILES string of the molecule is Cl.Cl.NC1(C(=O)N2CCN(c3ncnc4sccc34)CC2)CC1. The fourth-order valence-electron chi connectivity index (χ4n) is 2.81. The van der Waals surface area contributed by atoms with E-state index in [1.54, 1.807) is 17.7 Å². The van der Waals surface area contributed by atoms with Crippen LogP contribution < -0.4 is 10.6 Å². The van der Waals surface area contributed by atoms with E-state index < -0.39 is 5.54 Å². The molecule has 1 aliphatic heterocycles. The van der Waals surface area contributed by atoms with Crippen molar-refractivity contribution in [3.63, 3.8) is 0 Å². The minimum Gasteiger partial charge on any atom is -0.352 e. The first-order valence-electron chi connectivity index (χ1n) is 7.19. The number of nitrogens with zero attached hydrogens (tertiary/aromatic N) is 4. The molecule has 2 aliphatic rings. The topological polar surface area (TPSA) is 75.4 Å². The number of anilines is 1. The maximum Gasteiger partial charge on any atom is 0.242 e. The molecule has 0 radical (unpaired) electrons. The van der Waals surface area contributed by atoms with Crippen LogP contribution in [-0.4, -0.2) is 52.5 Å². The number of nitrogens with two attached hydrogens (primary N) is 1. The fourth-order valence-corrected chi connectivity index (χ4v) is 3.54. The van der Waals surface area contributed by atoms with Gasteiger partial charge in [-0.2, -0.15) is 0 Å². The molecule has 1 saturated carbocycles. The van der Waals surface area contributed by atoms with E-state index in [2.05, 4.69) is 20.9 Å². The molecule has 6 nitrogen and oxygen atoms in total. The molecule has 2 aromatic heterocycles. The molecule has 9 heteroatoms. The van der Waals surface area contributed by atoms with Gasteiger partial charge in [-0.1, -0.05) is 0 Å². The molecule has 126 valence electrons. The maximum atomic E-state index is 12.3. The minimum atomic E-state index is -0.558. The summed E-state index contributed by atoms with van der Waals surface area (Å²) in [5.41, 5.74) is 5.45. The Morgan fingerprint density at radius 2 is 1.87 bits per heavy atom. The number of aromatic nitrogens is 2. The Kier molecular flexibility index (Phi) is 5.35. The lowest BCUT2D eigenvalue weighted by Crippen LogP contribution is -2.54. The number of hydrogen-bond acceptors (Lipinski definition) is 6. The number of rotatable bonds is 2. The Morgan fingerprint density at radius 3 is 2.52 bits per heavy atom. The fraction of sp³-hybridized carbons (Fsp3) is 0.500. The molecule has 1 aliphatic carbocycles. The monoisotopic (exact) mass is 375 g/mol. The first kappa shape index (κ1) is 18.2. The smallest absolute Gasteiger partial charge is 0.242 e. The van der Waals surface area contributed by atoms with Crippen LogP contribution in [0.25, 0.3) is 10.2 Å². The molecular weight excluding hydrogens is 357 g/mol. The van der Waals surface area contributed by atoms with Gasteiger partial charge in [-0.3, -0.25) is 4.79 Å². The molecule has 1 amide bonds. The van der Waals surface area contributed by atoms with E-state index in [0.717, 1.165) is 42.0 Å². The number of amides is 1. The molecule has 3 heterocycles. The predicted octanol–water partition coefficient (Wildman–Crippen LogP) is 1.67. The highest BCUT2D eigenvalue weighted by Gasteiger charge is 2.48. The van der Waals surface area contributed by atoms with Crippen LogP contribution in [0.15, 0.2) is 17.8 Å². The number of carbonyl (C=O) groups excluding carboxylic acids is 1. The summed E-state index contributed by atoms with van der Waals surface area (Å²) in [5.74, 6) is 1.09. The van der Waals surface area contributed by atoms with Crippen molar-refractivity contribution in [3.8, 4) is 0 Å². The van der Waals surface area contributed by atoms with Crippen LogP contribution in [0.5, 0.6) is 0 Å². The van der Waals surface area contributed by atoms with Crippen molar-refractivity contribution in [3.05, 3.63) is 17.8 Å². The van der Waals surface area contributed by atoms with E-state index in [1.165, 1.54) is 0 Å². The Labute approximate surface area is 150 Å². The van der Waals surface area contributed by atoms with Gasteiger partial charge in [0.2, 0.25) is 5.91 Å². The summed E-state index contributed by atoms with van der Waals surface area (Å²) in [7, 11) is 0. The van der Waals surface area contributed by atoms with Gasteiger partial charge in [0.25, 0.3) is 0 Å². The molecule has 0 spiro atoms. The van der Waals surface area contributed by atoms with E-state index >= 15 is 0 Å². The quantitative estimate of drug-likeness (QED) is 0.863. The van der Waals surface area contributed by atoms with Gasteiger partial charge >= 0.3 is 0 Å². The van der Waals surface area contributed by atoms with Gasteiger partial charge in [0, 0.05) is 26.2 Å². The third-order valence-electron chi connectivity index (χ3n) is 4.32. The number of thiophene rings is 1. The van der Waals surface area contributed by atoms with Crippen molar-refractivity contribution in [1.82, 2.24) is 14.9 Å². The first-order valence-corrected chi connectivity index (χ1v) is 8.07. The van der Waals surface area contributed by atoms with Crippen LogP contribution in [0.3, 0.4) is 0 Å². The van der Waals surface area contributed by atoms with Gasteiger partial charge in [-0.15, -0.1) is 36.2 Å². The van der Waals surface area contributed by atoms with Crippen molar-refractivity contribution in [2.75, 3.05) is 31.1 Å². The van der Waals surface area contributed by atoms with Crippen LogP contribution >= 0.6 is 36.2 Å². The number of hydrogen-bond donors (Lipinski definition) is 1. The van der Waals surface area contributed by atoms with Crippen LogP contribution in [0.1, 0.15) is 12.8 Å². The zero-order valence-electron chi connectivity index (χ0n) is 12.5. The Balaban J connectivity index is 0.000000960. The van der Waals surface area contributed by atoms with Gasteiger partial charge in [0.05, 0.1) is 10.9 Å². The highest BCUT2D eigenvalue weighted by Crippen LogP contribution is 2.34. The van der Waals surface area contributed by atoms with Crippen LogP contribution in [0.4, 0.5) is 5.82 Å². The summed E-state index contributed by atoms with van der Waals surface area (Å²) in [6.07, 6.45) is 3.27. The summed E-state index contributed by atoms with van der Waals surface area (Å²) in [6, 6.07) is 2.06. The van der Waals surface area contributed by atoms with E-state index in [0.29, 0.717) is 13.1 Å². The second-order valence-corrected chi connectivity index (χ2v) is 6.67. The van der Waals surface area contributed by atoms with Crippen molar-refractivity contribution < 1.29 is 4.79 Å². The summed E-state index contributed by atoms with van der Waals surface area (Å²) in [5, 5.41) is 3.13. The summed E-state index contributed by atoms with van der Waals surface area (Å²) in [6.45, 7) is 3.02. The lowest BCUT2D eigenvalue weighted by Gasteiger charge is -2.36. The molecule has 2 N–H and O–H groups in total. The average molecular weight is 376 g/mol. The summed E-state index contributed by atoms with van der Waals surface area (Å²) in [4.78, 5) is 26.1. The summed E-state index contributed by atoms with van der Waals surface area (Å²) >= 11 is 1.62. The van der Waals surface area contributed by atoms with Gasteiger partial charge in [-0.25, -0.2) is 9.97 Å². The van der Waals surface area contributed by atoms with E-state index in [1.807, 2.05) is 10.3 Å². The lowest BCUT2D eigenvalue weighted by atomic mass is 10.2. The summed E-state index contributed by atoms with van der Waals surface area (Å²) < 4.78 is 0. The second kappa shape index (κ2) is 6.76. The Bertz CT molecular complexity index is 697. The van der Waals surface area contributed by atoms with E-state index in [4.69, 9.17) is 5.73 Å². The van der Waals surface area contributed by atoms with Gasteiger partial charge in [0.1, 0.15) is 17.0 Å². The number of carbonyl (C=O) groups is 1. The third kappa shape index (κ3) is 3.24. The minimum absolute atomic E-state index is 0. The Morgan fingerprint density at radius 1 is 1.17 bits per heavy atom. The maximum absolute atomic E-state index is 12.3. The van der Waals surface area contributed by atoms with Crippen LogP contribution in [0.2, 0.25) is 0 Å². The highest BCUT2D eigenvalue weighted by molar-refractivity contribution is 7.16. The zero-order chi connectivity index (χ0) is 14.4. The average Bonchev–Trinajstić information content (AvgIpc) is 3.09. The molecule has 23 heavy (non-hydrogen) atoms. The van der Waals surface area contributed by atoms with Crippen LogP contribution in [-0.2, 0) is 4.79 Å².